The second-order valence-corrected chi connectivity index (χ2v) is 28.9. The van der Waals surface area contributed by atoms with Crippen molar-refractivity contribution >= 4 is 70.6 Å². The van der Waals surface area contributed by atoms with Crippen molar-refractivity contribution in [3.63, 3.8) is 0 Å². The van der Waals surface area contributed by atoms with Crippen LogP contribution in [0.2, 0.25) is 0 Å². The number of rotatable bonds is 66. The van der Waals surface area contributed by atoms with Gasteiger partial charge in [-0.05, 0) is 95.4 Å². The summed E-state index contributed by atoms with van der Waals surface area (Å²) in [5.74, 6) is 1.77. The Hall–Kier alpha value is -4.40. The number of carbonyl (C=O) groups excluding carboxylic acids is 8. The van der Waals surface area contributed by atoms with Crippen molar-refractivity contribution in [2.45, 2.75) is 196 Å². The van der Waals surface area contributed by atoms with E-state index in [2.05, 4.69) is 26.6 Å². The molecule has 4 aliphatic heterocycles. The summed E-state index contributed by atoms with van der Waals surface area (Å²) in [6.45, 7) is 15.7. The fourth-order valence-electron chi connectivity index (χ4n) is 11.7. The van der Waals surface area contributed by atoms with Gasteiger partial charge in [0.25, 0.3) is 5.91 Å². The molecule has 0 spiro atoms. The normalized spacial score (nSPS) is 18.5. The number of Topliss-reactive ketones (excluding diaryl/α,β-unsaturated/α-hetero) is 4. The van der Waals surface area contributed by atoms with Gasteiger partial charge in [0.1, 0.15) is 28.7 Å². The van der Waals surface area contributed by atoms with Crippen LogP contribution in [0.25, 0.3) is 0 Å². The third-order valence-corrected chi connectivity index (χ3v) is 19.7. The number of nitrogens with one attached hydrogen (secondary N) is 5. The number of esters is 1. The molecule has 28 heteroatoms. The van der Waals surface area contributed by atoms with Gasteiger partial charge in [0.05, 0.1) is 189 Å². The lowest BCUT2D eigenvalue weighted by Crippen LogP contribution is -2.36. The second kappa shape index (κ2) is 54.3. The molecule has 5 N–H and O–H groups in total. The lowest BCUT2D eigenvalue weighted by atomic mass is 9.96. The van der Waals surface area contributed by atoms with E-state index in [1.165, 1.54) is 0 Å². The zero-order valence-corrected chi connectivity index (χ0v) is 61.7. The first-order valence-electron chi connectivity index (χ1n) is 36.6. The molecule has 0 bridgehead atoms. The standard InChI is InChI=1S/C72H119N5O21S2/c1-72(2,3)98-66(82)22-24-86-26-28-88-30-32-90-34-36-92-38-40-94-42-44-96-46-47-97-45-43-95-41-39-93-37-35-91-33-31-89-29-27-87-25-23-73-69(83)57-49-55(51-60(80)18-8-4-6-14-58(78)16-10-12-20-64-67-62(53-99-64)74-70(84)76-67)48-56(50-57)52-61(81)19-9-5-7-15-59(79)17-11-13-21-65-68-63(54-100-65)75-71(85)77-68/h48-50,62-65,67-68H,4-47,51-54H2,1-3H3,(H,73,83)(H2,74,76,84)(H2,75,77,85). The maximum Gasteiger partial charge on any atom is 0.315 e. The van der Waals surface area contributed by atoms with E-state index in [4.69, 9.17) is 61.6 Å². The van der Waals surface area contributed by atoms with Crippen molar-refractivity contribution in [1.29, 1.82) is 0 Å². The second-order valence-electron chi connectivity index (χ2n) is 26.3. The molecule has 0 radical (unpaired) electrons. The van der Waals surface area contributed by atoms with Crippen molar-refractivity contribution in [2.24, 2.45) is 0 Å². The van der Waals surface area contributed by atoms with Crippen LogP contribution in [-0.2, 0) is 98.4 Å². The Labute approximate surface area is 601 Å². The summed E-state index contributed by atoms with van der Waals surface area (Å²) in [5, 5.41) is 15.7. The van der Waals surface area contributed by atoms with Crippen LogP contribution in [0.1, 0.15) is 164 Å². The van der Waals surface area contributed by atoms with Gasteiger partial charge in [-0.2, -0.15) is 23.5 Å². The Bertz CT molecular complexity index is 2380. The highest BCUT2D eigenvalue weighted by molar-refractivity contribution is 8.00. The van der Waals surface area contributed by atoms with Gasteiger partial charge in [-0.25, -0.2) is 9.59 Å². The molecule has 4 aliphatic rings. The van der Waals surface area contributed by atoms with E-state index in [1.807, 2.05) is 50.4 Å². The van der Waals surface area contributed by atoms with Crippen LogP contribution in [0.5, 0.6) is 0 Å². The van der Waals surface area contributed by atoms with Gasteiger partial charge < -0.3 is 88.2 Å². The number of amides is 5. The van der Waals surface area contributed by atoms with E-state index < -0.39 is 5.60 Å². The fourth-order valence-corrected chi connectivity index (χ4v) is 14.7. The van der Waals surface area contributed by atoms with Gasteiger partial charge in [0.15, 0.2) is 0 Å². The molecule has 4 fully saturated rings. The smallest absolute Gasteiger partial charge is 0.315 e. The molecule has 4 saturated heterocycles. The molecule has 100 heavy (non-hydrogen) atoms. The number of unbranched alkanes of at least 4 members (excludes halogenated alkanes) is 6. The molecule has 1 aromatic carbocycles. The van der Waals surface area contributed by atoms with Crippen molar-refractivity contribution in [3.8, 4) is 0 Å². The summed E-state index contributed by atoms with van der Waals surface area (Å²) in [6, 6.07) is 5.86. The summed E-state index contributed by atoms with van der Waals surface area (Å²) in [6.07, 6.45) is 13.1. The first-order chi connectivity index (χ1) is 48.6. The topological polar surface area (TPSA) is 317 Å². The van der Waals surface area contributed by atoms with E-state index >= 15 is 0 Å². The van der Waals surface area contributed by atoms with Crippen LogP contribution in [0.3, 0.4) is 0 Å². The molecular formula is C72H119N5O21S2. The minimum absolute atomic E-state index is 0.0274. The Balaban J connectivity index is 0.810. The monoisotopic (exact) mass is 1450 g/mol. The number of hydrogen-bond acceptors (Lipinski definition) is 23. The summed E-state index contributed by atoms with van der Waals surface area (Å²) < 4.78 is 71.7. The quantitative estimate of drug-likeness (QED) is 0.0247. The number of benzene rings is 1. The predicted molar refractivity (Wildman–Crippen MR) is 381 cm³/mol. The van der Waals surface area contributed by atoms with Gasteiger partial charge in [0.2, 0.25) is 0 Å². The summed E-state index contributed by atoms with van der Waals surface area (Å²) in [4.78, 5) is 100. The van der Waals surface area contributed by atoms with Crippen molar-refractivity contribution < 1.29 is 99.9 Å². The number of ketones is 4. The predicted octanol–water partition coefficient (Wildman–Crippen LogP) is 7.06. The van der Waals surface area contributed by atoms with Gasteiger partial charge in [-0.15, -0.1) is 0 Å². The fraction of sp³-hybridized carbons (Fsp3) is 0.806. The van der Waals surface area contributed by atoms with Gasteiger partial charge >= 0.3 is 18.0 Å². The van der Waals surface area contributed by atoms with E-state index in [0.717, 1.165) is 75.7 Å². The number of carbonyl (C=O) groups is 8. The maximum absolute atomic E-state index is 13.5. The number of hydrogen-bond donors (Lipinski definition) is 5. The van der Waals surface area contributed by atoms with Crippen LogP contribution < -0.4 is 26.6 Å². The lowest BCUT2D eigenvalue weighted by Gasteiger charge is -2.19. The largest absolute Gasteiger partial charge is 0.460 e. The molecule has 570 valence electrons. The zero-order valence-electron chi connectivity index (χ0n) is 60.0. The molecule has 5 rings (SSSR count). The first kappa shape index (κ1) is 86.2. The number of urea groups is 2. The van der Waals surface area contributed by atoms with E-state index in [9.17, 15) is 38.4 Å². The number of thioether (sulfide) groups is 2. The molecule has 5 amide bonds. The highest BCUT2D eigenvalue weighted by atomic mass is 32.2. The Morgan fingerprint density at radius 2 is 0.700 bits per heavy atom. The van der Waals surface area contributed by atoms with Gasteiger partial charge in [-0.1, -0.05) is 31.7 Å². The average Bonchev–Trinajstić information content (AvgIpc) is 1.65. The van der Waals surface area contributed by atoms with Crippen molar-refractivity contribution in [3.05, 3.63) is 34.9 Å². The van der Waals surface area contributed by atoms with Crippen LogP contribution >= 0.6 is 23.5 Å². The summed E-state index contributed by atoms with van der Waals surface area (Å²) >= 11 is 3.77. The third-order valence-electron chi connectivity index (χ3n) is 16.7. The molecule has 0 saturated carbocycles. The molecule has 26 nitrogen and oxygen atoms in total. The number of ether oxygens (including phenoxy) is 13. The minimum Gasteiger partial charge on any atom is -0.460 e. The molecular weight excluding hydrogens is 1330 g/mol. The Kier molecular flexibility index (Phi) is 46.8. The average molecular weight is 1450 g/mol. The Morgan fingerprint density at radius 3 is 1.04 bits per heavy atom. The molecule has 1 aromatic rings. The van der Waals surface area contributed by atoms with Gasteiger partial charge in [0, 0.05) is 85.5 Å². The maximum atomic E-state index is 13.5. The number of fused-ring (bicyclic) bond motifs is 2. The highest BCUT2D eigenvalue weighted by Gasteiger charge is 2.43. The van der Waals surface area contributed by atoms with Gasteiger partial charge in [-0.3, -0.25) is 28.8 Å². The minimum atomic E-state index is -0.494. The van der Waals surface area contributed by atoms with Crippen LogP contribution in [0.4, 0.5) is 9.59 Å². The molecule has 4 heterocycles. The van der Waals surface area contributed by atoms with Crippen molar-refractivity contribution in [1.82, 2.24) is 26.6 Å². The third kappa shape index (κ3) is 41.8. The van der Waals surface area contributed by atoms with E-state index in [-0.39, 0.29) is 104 Å². The van der Waals surface area contributed by atoms with Crippen LogP contribution in [0, 0.1) is 0 Å². The first-order valence-corrected chi connectivity index (χ1v) is 38.7. The molecule has 0 aromatic heterocycles. The lowest BCUT2D eigenvalue weighted by molar-refractivity contribution is -0.156. The molecule has 0 aliphatic carbocycles. The molecule has 6 unspecified atom stereocenters. The summed E-state index contributed by atoms with van der Waals surface area (Å²) in [5.41, 5.74) is 1.21. The SMILES string of the molecule is CC(C)(C)OC(=O)CCOCCOCCOCCOCCOCCOCCOCCOCCOCCOCCOCCOCCNC(=O)c1cc(CC(=O)CCCCCC(=O)CCCCC2SCC3NC(=O)NC32)cc(CC(=O)CCCCCC(=O)CCCCC2SCC3NC(=O)NC32)c1. The van der Waals surface area contributed by atoms with Crippen molar-refractivity contribution in [2.75, 3.05) is 177 Å². The van der Waals surface area contributed by atoms with E-state index in [0.29, 0.717) is 231 Å². The van der Waals surface area contributed by atoms with E-state index in [1.54, 1.807) is 12.1 Å². The van der Waals surface area contributed by atoms with Crippen LogP contribution in [-0.4, -0.2) is 264 Å². The highest BCUT2D eigenvalue weighted by Crippen LogP contribution is 2.34. The zero-order chi connectivity index (χ0) is 71.5. The van der Waals surface area contributed by atoms with Crippen LogP contribution in [0.15, 0.2) is 18.2 Å². The summed E-state index contributed by atoms with van der Waals surface area (Å²) in [7, 11) is 0. The molecule has 6 atom stereocenters. The Morgan fingerprint density at radius 1 is 0.390 bits per heavy atom.